The van der Waals surface area contributed by atoms with Crippen LogP contribution in [0.4, 0.5) is 0 Å². The van der Waals surface area contributed by atoms with Crippen molar-refractivity contribution in [1.82, 2.24) is 9.97 Å². The van der Waals surface area contributed by atoms with Gasteiger partial charge in [-0.05, 0) is 47.4 Å². The standard InChI is InChI=1S/C34H24N2S/c1-2-22-10-12-23(13-11-22)24-14-15-25-18-27(21-36-32(25)19-24)26-16-17-31(35-20-26)30-8-5-7-29-28-6-3-4-9-33(28)37-34(29)30/h3-21H,2H2,1H3. The van der Waals surface area contributed by atoms with Crippen LogP contribution in [0.2, 0.25) is 0 Å². The lowest BCUT2D eigenvalue weighted by Crippen LogP contribution is -1.88. The molecule has 3 heterocycles. The van der Waals surface area contributed by atoms with E-state index in [4.69, 9.17) is 9.97 Å². The molecule has 0 atom stereocenters. The smallest absolute Gasteiger partial charge is 0.0716 e. The number of fused-ring (bicyclic) bond motifs is 4. The van der Waals surface area contributed by atoms with Crippen molar-refractivity contribution < 1.29 is 0 Å². The molecule has 176 valence electrons. The Morgan fingerprint density at radius 1 is 0.622 bits per heavy atom. The van der Waals surface area contributed by atoms with Crippen molar-refractivity contribution in [2.24, 2.45) is 0 Å². The first-order valence-corrected chi connectivity index (χ1v) is 13.4. The lowest BCUT2D eigenvalue weighted by atomic mass is 10.0. The van der Waals surface area contributed by atoms with Gasteiger partial charge in [0.15, 0.2) is 0 Å². The maximum absolute atomic E-state index is 4.87. The molecule has 0 N–H and O–H groups in total. The molecule has 0 unspecified atom stereocenters. The Hall–Kier alpha value is -4.34. The Bertz CT molecular complexity index is 1900. The second-order valence-corrected chi connectivity index (χ2v) is 10.4. The summed E-state index contributed by atoms with van der Waals surface area (Å²) in [7, 11) is 0. The zero-order chi connectivity index (χ0) is 24.8. The SMILES string of the molecule is CCc1ccc(-c2ccc3cc(-c4ccc(-c5cccc6c5sc5ccccc56)nc4)cnc3c2)cc1. The van der Waals surface area contributed by atoms with Crippen LogP contribution in [0.15, 0.2) is 116 Å². The predicted octanol–water partition coefficient (Wildman–Crippen LogP) is 9.56. The lowest BCUT2D eigenvalue weighted by Gasteiger charge is -2.08. The minimum atomic E-state index is 0.994. The van der Waals surface area contributed by atoms with Crippen molar-refractivity contribution in [3.63, 3.8) is 0 Å². The highest BCUT2D eigenvalue weighted by Crippen LogP contribution is 2.39. The van der Waals surface area contributed by atoms with Crippen LogP contribution in [0.1, 0.15) is 12.5 Å². The molecule has 0 aliphatic rings. The van der Waals surface area contributed by atoms with E-state index in [0.29, 0.717) is 0 Å². The number of thiophene rings is 1. The Kier molecular flexibility index (Phi) is 5.30. The summed E-state index contributed by atoms with van der Waals surface area (Å²) in [6.45, 7) is 2.18. The topological polar surface area (TPSA) is 25.8 Å². The molecule has 0 aliphatic heterocycles. The van der Waals surface area contributed by atoms with Gasteiger partial charge in [-0.1, -0.05) is 85.8 Å². The van der Waals surface area contributed by atoms with Gasteiger partial charge < -0.3 is 0 Å². The first kappa shape index (κ1) is 21.9. The lowest BCUT2D eigenvalue weighted by molar-refractivity contribution is 1.14. The maximum atomic E-state index is 4.87. The predicted molar refractivity (Wildman–Crippen MR) is 158 cm³/mol. The van der Waals surface area contributed by atoms with E-state index >= 15 is 0 Å². The van der Waals surface area contributed by atoms with Gasteiger partial charge in [-0.25, -0.2) is 0 Å². The zero-order valence-corrected chi connectivity index (χ0v) is 21.3. The van der Waals surface area contributed by atoms with Crippen LogP contribution in [0.3, 0.4) is 0 Å². The van der Waals surface area contributed by atoms with Crippen molar-refractivity contribution in [2.45, 2.75) is 13.3 Å². The fraction of sp³-hybridized carbons (Fsp3) is 0.0588. The second-order valence-electron chi connectivity index (χ2n) is 9.39. The largest absolute Gasteiger partial charge is 0.256 e. The summed E-state index contributed by atoms with van der Waals surface area (Å²) in [5.41, 5.74) is 9.09. The van der Waals surface area contributed by atoms with Gasteiger partial charge in [0.05, 0.1) is 11.2 Å². The molecule has 0 fully saturated rings. The van der Waals surface area contributed by atoms with Crippen LogP contribution in [0, 0.1) is 0 Å². The minimum absolute atomic E-state index is 0.994. The minimum Gasteiger partial charge on any atom is -0.256 e. The van der Waals surface area contributed by atoms with Gasteiger partial charge in [-0.3, -0.25) is 9.97 Å². The molecule has 0 aliphatic carbocycles. The molecular formula is C34H24N2S. The molecule has 0 radical (unpaired) electrons. The van der Waals surface area contributed by atoms with E-state index in [0.717, 1.165) is 34.1 Å². The molecule has 0 bridgehead atoms. The molecule has 3 aromatic heterocycles. The fourth-order valence-electron chi connectivity index (χ4n) is 5.06. The van der Waals surface area contributed by atoms with E-state index in [9.17, 15) is 0 Å². The Morgan fingerprint density at radius 2 is 1.41 bits per heavy atom. The zero-order valence-electron chi connectivity index (χ0n) is 20.5. The van der Waals surface area contributed by atoms with Crippen molar-refractivity contribution in [3.05, 3.63) is 121 Å². The van der Waals surface area contributed by atoms with Gasteiger partial charge in [0, 0.05) is 54.6 Å². The molecule has 0 saturated heterocycles. The number of rotatable bonds is 4. The number of pyridine rings is 2. The monoisotopic (exact) mass is 492 g/mol. The van der Waals surface area contributed by atoms with E-state index < -0.39 is 0 Å². The van der Waals surface area contributed by atoms with Gasteiger partial charge in [-0.2, -0.15) is 0 Å². The Morgan fingerprint density at radius 3 is 2.24 bits per heavy atom. The highest BCUT2D eigenvalue weighted by Gasteiger charge is 2.11. The molecule has 37 heavy (non-hydrogen) atoms. The number of nitrogens with zero attached hydrogens (tertiary/aromatic N) is 2. The highest BCUT2D eigenvalue weighted by atomic mass is 32.1. The molecule has 4 aromatic carbocycles. The fourth-order valence-corrected chi connectivity index (χ4v) is 6.29. The quantitative estimate of drug-likeness (QED) is 0.244. The van der Waals surface area contributed by atoms with Crippen molar-refractivity contribution >= 4 is 42.4 Å². The molecule has 0 amide bonds. The van der Waals surface area contributed by atoms with E-state index in [2.05, 4.69) is 110 Å². The van der Waals surface area contributed by atoms with E-state index in [1.54, 1.807) is 0 Å². The number of benzene rings is 4. The second kappa shape index (κ2) is 8.95. The highest BCUT2D eigenvalue weighted by molar-refractivity contribution is 7.26. The van der Waals surface area contributed by atoms with Crippen molar-refractivity contribution in [2.75, 3.05) is 0 Å². The summed E-state index contributed by atoms with van der Waals surface area (Å²) < 4.78 is 2.60. The number of aryl methyl sites for hydroxylation is 1. The number of hydrogen-bond donors (Lipinski definition) is 0. The normalized spacial score (nSPS) is 11.5. The van der Waals surface area contributed by atoms with Crippen LogP contribution in [0.25, 0.3) is 64.6 Å². The van der Waals surface area contributed by atoms with Crippen LogP contribution in [-0.2, 0) is 6.42 Å². The maximum Gasteiger partial charge on any atom is 0.0716 e. The van der Waals surface area contributed by atoms with Crippen molar-refractivity contribution in [3.8, 4) is 33.5 Å². The molecule has 0 spiro atoms. The average molecular weight is 493 g/mol. The number of aromatic nitrogens is 2. The van der Waals surface area contributed by atoms with Crippen LogP contribution in [0.5, 0.6) is 0 Å². The molecule has 3 heteroatoms. The first-order valence-electron chi connectivity index (χ1n) is 12.6. The Balaban J connectivity index is 1.21. The third kappa shape index (κ3) is 3.89. The van der Waals surface area contributed by atoms with Crippen LogP contribution < -0.4 is 0 Å². The van der Waals surface area contributed by atoms with Crippen LogP contribution in [-0.4, -0.2) is 9.97 Å². The molecule has 0 saturated carbocycles. The Labute approximate surface area is 219 Å². The summed E-state index contributed by atoms with van der Waals surface area (Å²) in [5.74, 6) is 0. The summed E-state index contributed by atoms with van der Waals surface area (Å²) in [4.78, 5) is 9.67. The summed E-state index contributed by atoms with van der Waals surface area (Å²) in [6, 6.07) is 36.9. The van der Waals surface area contributed by atoms with E-state index in [-0.39, 0.29) is 0 Å². The first-order chi connectivity index (χ1) is 18.3. The number of hydrogen-bond acceptors (Lipinski definition) is 3. The molecule has 7 rings (SSSR count). The van der Waals surface area contributed by atoms with Gasteiger partial charge in [0.25, 0.3) is 0 Å². The third-order valence-corrected chi connectivity index (χ3v) is 8.38. The van der Waals surface area contributed by atoms with Gasteiger partial charge >= 0.3 is 0 Å². The van der Waals surface area contributed by atoms with Gasteiger partial charge in [0.1, 0.15) is 0 Å². The van der Waals surface area contributed by atoms with Crippen molar-refractivity contribution in [1.29, 1.82) is 0 Å². The van der Waals surface area contributed by atoms with E-state index in [1.807, 2.05) is 23.7 Å². The third-order valence-electron chi connectivity index (χ3n) is 7.16. The average Bonchev–Trinajstić information content (AvgIpc) is 3.36. The summed E-state index contributed by atoms with van der Waals surface area (Å²) >= 11 is 1.84. The summed E-state index contributed by atoms with van der Waals surface area (Å²) in [5, 5.41) is 3.73. The van der Waals surface area contributed by atoms with Crippen LogP contribution >= 0.6 is 11.3 Å². The summed E-state index contributed by atoms with van der Waals surface area (Å²) in [6.07, 6.45) is 4.97. The molecule has 2 nitrogen and oxygen atoms in total. The molecular weight excluding hydrogens is 468 g/mol. The van der Waals surface area contributed by atoms with Gasteiger partial charge in [0.2, 0.25) is 0 Å². The molecule has 7 aromatic rings. The van der Waals surface area contributed by atoms with Gasteiger partial charge in [-0.15, -0.1) is 11.3 Å². The van der Waals surface area contributed by atoms with E-state index in [1.165, 1.54) is 42.4 Å².